The second-order valence-electron chi connectivity index (χ2n) is 5.59. The molecule has 0 amide bonds. The van der Waals surface area contributed by atoms with Crippen molar-refractivity contribution < 1.29 is 13.9 Å². The summed E-state index contributed by atoms with van der Waals surface area (Å²) in [6.07, 6.45) is 7.66. The lowest BCUT2D eigenvalue weighted by Gasteiger charge is -2.29. The molecule has 1 aromatic carbocycles. The molecule has 1 fully saturated rings. The van der Waals surface area contributed by atoms with E-state index < -0.39 is 0 Å². The number of allylic oxidation sites excluding steroid dienone is 2. The summed E-state index contributed by atoms with van der Waals surface area (Å²) in [5.41, 5.74) is 1.02. The van der Waals surface area contributed by atoms with Crippen molar-refractivity contribution in [1.29, 1.82) is 0 Å². The van der Waals surface area contributed by atoms with Crippen LogP contribution in [0.15, 0.2) is 24.3 Å². The molecule has 108 valence electrons. The van der Waals surface area contributed by atoms with Gasteiger partial charge < -0.3 is 9.47 Å². The summed E-state index contributed by atoms with van der Waals surface area (Å²) < 4.78 is 25.6. The Morgan fingerprint density at radius 2 is 2.25 bits per heavy atom. The van der Waals surface area contributed by atoms with E-state index in [2.05, 4.69) is 12.2 Å². The van der Waals surface area contributed by atoms with Gasteiger partial charge in [-0.1, -0.05) is 18.2 Å². The number of hydrogen-bond donors (Lipinski definition) is 0. The normalized spacial score (nSPS) is 28.1. The van der Waals surface area contributed by atoms with E-state index >= 15 is 0 Å². The van der Waals surface area contributed by atoms with Crippen molar-refractivity contribution in [2.45, 2.75) is 45.1 Å². The van der Waals surface area contributed by atoms with Gasteiger partial charge in [0.15, 0.2) is 11.5 Å². The Morgan fingerprint density at radius 1 is 1.40 bits per heavy atom. The first kappa shape index (κ1) is 13.5. The molecule has 20 heavy (non-hydrogen) atoms. The second kappa shape index (κ2) is 5.47. The summed E-state index contributed by atoms with van der Waals surface area (Å²) in [6.45, 7) is 4.37. The van der Waals surface area contributed by atoms with Crippen molar-refractivity contribution in [3.8, 4) is 11.5 Å². The zero-order valence-electron chi connectivity index (χ0n) is 12.1. The molecule has 1 aromatic rings. The first-order valence-electron chi connectivity index (χ1n) is 7.49. The van der Waals surface area contributed by atoms with Crippen LogP contribution in [-0.4, -0.2) is 12.7 Å². The Labute approximate surface area is 119 Å². The third kappa shape index (κ3) is 2.19. The van der Waals surface area contributed by atoms with Gasteiger partial charge in [0.2, 0.25) is 5.82 Å². The van der Waals surface area contributed by atoms with Gasteiger partial charge in [-0.25, -0.2) is 0 Å². The maximum Gasteiger partial charge on any atom is 0.207 e. The Bertz CT molecular complexity index is 524. The van der Waals surface area contributed by atoms with E-state index in [4.69, 9.17) is 9.47 Å². The fourth-order valence-corrected chi connectivity index (χ4v) is 3.48. The number of hydrogen-bond acceptors (Lipinski definition) is 2. The van der Waals surface area contributed by atoms with Crippen LogP contribution in [0.3, 0.4) is 0 Å². The zero-order valence-corrected chi connectivity index (χ0v) is 12.1. The molecule has 2 nitrogen and oxygen atoms in total. The molecule has 3 atom stereocenters. The van der Waals surface area contributed by atoms with Crippen LogP contribution in [0.2, 0.25) is 0 Å². The van der Waals surface area contributed by atoms with Gasteiger partial charge in [-0.3, -0.25) is 0 Å². The summed E-state index contributed by atoms with van der Waals surface area (Å²) in [4.78, 5) is 0. The molecule has 0 aromatic heterocycles. The second-order valence-corrected chi connectivity index (χ2v) is 5.59. The molecule has 1 aliphatic heterocycles. The molecule has 2 aliphatic rings. The van der Waals surface area contributed by atoms with E-state index in [0.29, 0.717) is 29.9 Å². The average molecular weight is 276 g/mol. The number of ether oxygens (including phenoxy) is 2. The van der Waals surface area contributed by atoms with Crippen LogP contribution in [0.1, 0.15) is 44.6 Å². The largest absolute Gasteiger partial charge is 0.491 e. The standard InChI is InChI=1S/C17H21FO2/c1-3-5-11-6-7-12-13-8-9-14(19-4-2)16(18)17(13)20-15(12)10-11/h3,5,8-9,11-12,15H,4,6-7,10H2,1-2H3/b5-3+/t11-,12+,15-/m1/s1. The van der Waals surface area contributed by atoms with Crippen molar-refractivity contribution >= 4 is 0 Å². The van der Waals surface area contributed by atoms with Gasteiger partial charge >= 0.3 is 0 Å². The minimum atomic E-state index is -0.332. The highest BCUT2D eigenvalue weighted by Gasteiger charge is 2.40. The fraction of sp³-hybridized carbons (Fsp3) is 0.529. The highest BCUT2D eigenvalue weighted by atomic mass is 19.1. The lowest BCUT2D eigenvalue weighted by Crippen LogP contribution is -2.27. The molecule has 1 aliphatic carbocycles. The minimum Gasteiger partial charge on any atom is -0.491 e. The van der Waals surface area contributed by atoms with Gasteiger partial charge in [0.1, 0.15) is 6.10 Å². The maximum absolute atomic E-state index is 14.4. The third-order valence-corrected chi connectivity index (χ3v) is 4.36. The van der Waals surface area contributed by atoms with Crippen molar-refractivity contribution in [3.05, 3.63) is 35.7 Å². The molecule has 0 bridgehead atoms. The smallest absolute Gasteiger partial charge is 0.207 e. The monoisotopic (exact) mass is 276 g/mol. The molecular weight excluding hydrogens is 255 g/mol. The van der Waals surface area contributed by atoms with Crippen LogP contribution < -0.4 is 9.47 Å². The van der Waals surface area contributed by atoms with Gasteiger partial charge in [0, 0.05) is 11.5 Å². The van der Waals surface area contributed by atoms with Gasteiger partial charge in [0.25, 0.3) is 0 Å². The van der Waals surface area contributed by atoms with Crippen LogP contribution >= 0.6 is 0 Å². The SMILES string of the molecule is C/C=C/[C@@H]1CC[C@H]2c3ccc(OCC)c(F)c3O[C@@H]2C1. The van der Waals surface area contributed by atoms with Gasteiger partial charge in [-0.15, -0.1) is 0 Å². The lowest BCUT2D eigenvalue weighted by atomic mass is 9.78. The highest BCUT2D eigenvalue weighted by molar-refractivity contribution is 5.48. The summed E-state index contributed by atoms with van der Waals surface area (Å²) >= 11 is 0. The van der Waals surface area contributed by atoms with Crippen molar-refractivity contribution in [2.24, 2.45) is 5.92 Å². The third-order valence-electron chi connectivity index (χ3n) is 4.36. The van der Waals surface area contributed by atoms with Crippen molar-refractivity contribution in [1.82, 2.24) is 0 Å². The fourth-order valence-electron chi connectivity index (χ4n) is 3.48. The topological polar surface area (TPSA) is 18.5 Å². The Hall–Kier alpha value is -1.51. The van der Waals surface area contributed by atoms with E-state index in [-0.39, 0.29) is 11.9 Å². The molecule has 3 rings (SSSR count). The summed E-state index contributed by atoms with van der Waals surface area (Å²) in [6, 6.07) is 3.71. The molecule has 3 heteroatoms. The zero-order chi connectivity index (χ0) is 14.1. The van der Waals surface area contributed by atoms with Crippen LogP contribution in [0.25, 0.3) is 0 Å². The average Bonchev–Trinajstić information content (AvgIpc) is 2.81. The predicted octanol–water partition coefficient (Wildman–Crippen LogP) is 4.45. The van der Waals surface area contributed by atoms with Gasteiger partial charge in [-0.2, -0.15) is 4.39 Å². The van der Waals surface area contributed by atoms with Crippen LogP contribution in [0, 0.1) is 11.7 Å². The molecular formula is C17H21FO2. The predicted molar refractivity (Wildman–Crippen MR) is 76.9 cm³/mol. The van der Waals surface area contributed by atoms with Crippen molar-refractivity contribution in [2.75, 3.05) is 6.61 Å². The number of rotatable bonds is 3. The van der Waals surface area contributed by atoms with Crippen LogP contribution in [0.4, 0.5) is 4.39 Å². The molecule has 0 spiro atoms. The Kier molecular flexibility index (Phi) is 3.68. The Morgan fingerprint density at radius 3 is 3.00 bits per heavy atom. The van der Waals surface area contributed by atoms with E-state index in [1.54, 1.807) is 6.07 Å². The van der Waals surface area contributed by atoms with E-state index in [0.717, 1.165) is 24.8 Å². The molecule has 1 saturated carbocycles. The van der Waals surface area contributed by atoms with Gasteiger partial charge in [0.05, 0.1) is 6.61 Å². The summed E-state index contributed by atoms with van der Waals surface area (Å²) in [5, 5.41) is 0. The number of fused-ring (bicyclic) bond motifs is 3. The lowest BCUT2D eigenvalue weighted by molar-refractivity contribution is 0.139. The van der Waals surface area contributed by atoms with E-state index in [9.17, 15) is 4.39 Å². The van der Waals surface area contributed by atoms with Crippen molar-refractivity contribution in [3.63, 3.8) is 0 Å². The first-order chi connectivity index (χ1) is 9.74. The van der Waals surface area contributed by atoms with E-state index in [1.807, 2.05) is 19.9 Å². The summed E-state index contributed by atoms with van der Waals surface area (Å²) in [5.74, 6) is 1.30. The summed E-state index contributed by atoms with van der Waals surface area (Å²) in [7, 11) is 0. The van der Waals surface area contributed by atoms with Crippen LogP contribution in [-0.2, 0) is 0 Å². The van der Waals surface area contributed by atoms with E-state index in [1.165, 1.54) is 0 Å². The molecule has 0 unspecified atom stereocenters. The quantitative estimate of drug-likeness (QED) is 0.760. The first-order valence-corrected chi connectivity index (χ1v) is 7.49. The van der Waals surface area contributed by atoms with Crippen LogP contribution in [0.5, 0.6) is 11.5 Å². The maximum atomic E-state index is 14.4. The van der Waals surface area contributed by atoms with Gasteiger partial charge in [-0.05, 0) is 45.1 Å². The minimum absolute atomic E-state index is 0.117. The molecule has 0 N–H and O–H groups in total. The Balaban J connectivity index is 1.86. The highest BCUT2D eigenvalue weighted by Crippen LogP contribution is 2.49. The molecule has 0 saturated heterocycles. The molecule has 0 radical (unpaired) electrons. The number of benzene rings is 1. The molecule has 1 heterocycles. The number of halogens is 1.